The average molecular weight is 355 g/mol. The molecule has 2 heterocycles. The number of likely N-dealkylation sites (tertiary alicyclic amines) is 1. The summed E-state index contributed by atoms with van der Waals surface area (Å²) >= 11 is 0. The number of benzene rings is 1. The summed E-state index contributed by atoms with van der Waals surface area (Å²) in [5.41, 5.74) is 1.74. The van der Waals surface area contributed by atoms with Gasteiger partial charge in [-0.25, -0.2) is 0 Å². The molecule has 1 unspecified atom stereocenters. The Morgan fingerprint density at radius 2 is 1.77 bits per heavy atom. The molecule has 4 rings (SSSR count). The van der Waals surface area contributed by atoms with E-state index in [1.807, 2.05) is 29.2 Å². The smallest absolute Gasteiger partial charge is 0.253 e. The lowest BCUT2D eigenvalue weighted by Crippen LogP contribution is -2.37. The Bertz CT molecular complexity index is 671. The lowest BCUT2D eigenvalue weighted by atomic mass is 9.92. The standard InChI is InChI=1S/C21H29N3O2/c1-15-6-12-24(13-7-15)20(26)16-2-4-17(5-3-16)23-19(25)18-14-21(18)8-10-22-11-9-21/h2-5,15,18,22H,6-14H2,1H3,(H,23,25). The van der Waals surface area contributed by atoms with Gasteiger partial charge in [0.2, 0.25) is 5.91 Å². The fourth-order valence-electron chi connectivity index (χ4n) is 4.52. The van der Waals surface area contributed by atoms with Crippen LogP contribution in [0, 0.1) is 17.3 Å². The Morgan fingerprint density at radius 1 is 1.12 bits per heavy atom. The molecule has 5 nitrogen and oxygen atoms in total. The second kappa shape index (κ2) is 7.03. The molecule has 3 fully saturated rings. The Balaban J connectivity index is 1.33. The molecule has 0 aromatic heterocycles. The zero-order valence-electron chi connectivity index (χ0n) is 15.6. The molecule has 26 heavy (non-hydrogen) atoms. The summed E-state index contributed by atoms with van der Waals surface area (Å²) < 4.78 is 0. The Kier molecular flexibility index (Phi) is 4.74. The first-order chi connectivity index (χ1) is 12.6. The summed E-state index contributed by atoms with van der Waals surface area (Å²) in [6, 6.07) is 7.39. The van der Waals surface area contributed by atoms with Gasteiger partial charge in [-0.15, -0.1) is 0 Å². The van der Waals surface area contributed by atoms with Crippen molar-refractivity contribution in [1.82, 2.24) is 10.2 Å². The molecule has 140 valence electrons. The van der Waals surface area contributed by atoms with Gasteiger partial charge in [0, 0.05) is 30.3 Å². The normalized spacial score (nSPS) is 25.1. The van der Waals surface area contributed by atoms with Crippen molar-refractivity contribution in [3.63, 3.8) is 0 Å². The number of carbonyl (C=O) groups is 2. The molecular formula is C21H29N3O2. The first-order valence-corrected chi connectivity index (χ1v) is 9.98. The van der Waals surface area contributed by atoms with Crippen molar-refractivity contribution in [2.24, 2.45) is 17.3 Å². The van der Waals surface area contributed by atoms with Gasteiger partial charge in [0.05, 0.1) is 0 Å². The van der Waals surface area contributed by atoms with E-state index in [-0.39, 0.29) is 23.1 Å². The van der Waals surface area contributed by atoms with Crippen LogP contribution in [-0.4, -0.2) is 42.9 Å². The van der Waals surface area contributed by atoms with Gasteiger partial charge >= 0.3 is 0 Å². The van der Waals surface area contributed by atoms with E-state index in [1.54, 1.807) is 0 Å². The van der Waals surface area contributed by atoms with Crippen molar-refractivity contribution >= 4 is 17.5 Å². The average Bonchev–Trinajstić information content (AvgIpc) is 3.36. The van der Waals surface area contributed by atoms with E-state index in [9.17, 15) is 9.59 Å². The zero-order valence-corrected chi connectivity index (χ0v) is 15.6. The van der Waals surface area contributed by atoms with Gasteiger partial charge in [-0.2, -0.15) is 0 Å². The molecule has 1 aromatic carbocycles. The van der Waals surface area contributed by atoms with Gasteiger partial charge in [0.1, 0.15) is 0 Å². The summed E-state index contributed by atoms with van der Waals surface area (Å²) in [7, 11) is 0. The van der Waals surface area contributed by atoms with Crippen LogP contribution < -0.4 is 10.6 Å². The van der Waals surface area contributed by atoms with Crippen molar-refractivity contribution in [2.45, 2.75) is 39.0 Å². The molecular weight excluding hydrogens is 326 g/mol. The second-order valence-corrected chi connectivity index (χ2v) is 8.41. The van der Waals surface area contributed by atoms with Crippen LogP contribution in [0.5, 0.6) is 0 Å². The maximum absolute atomic E-state index is 12.6. The lowest BCUT2D eigenvalue weighted by molar-refractivity contribution is -0.118. The molecule has 0 bridgehead atoms. The minimum atomic E-state index is 0.102. The van der Waals surface area contributed by atoms with Crippen molar-refractivity contribution in [1.29, 1.82) is 0 Å². The molecule has 1 atom stereocenters. The summed E-state index contributed by atoms with van der Waals surface area (Å²) in [6.07, 6.45) is 5.39. The number of nitrogens with one attached hydrogen (secondary N) is 2. The fraction of sp³-hybridized carbons (Fsp3) is 0.619. The number of rotatable bonds is 3. The van der Waals surface area contributed by atoms with E-state index in [4.69, 9.17) is 0 Å². The summed E-state index contributed by atoms with van der Waals surface area (Å²) in [6.45, 7) is 5.98. The van der Waals surface area contributed by atoms with E-state index in [1.165, 1.54) is 0 Å². The van der Waals surface area contributed by atoms with Crippen LogP contribution in [0.25, 0.3) is 0 Å². The van der Waals surface area contributed by atoms with Crippen LogP contribution in [-0.2, 0) is 4.79 Å². The third kappa shape index (κ3) is 3.50. The Morgan fingerprint density at radius 3 is 2.42 bits per heavy atom. The highest BCUT2D eigenvalue weighted by Crippen LogP contribution is 2.58. The fourth-order valence-corrected chi connectivity index (χ4v) is 4.52. The molecule has 2 saturated heterocycles. The van der Waals surface area contributed by atoms with Crippen LogP contribution in [0.3, 0.4) is 0 Å². The molecule has 1 aliphatic carbocycles. The van der Waals surface area contributed by atoms with Crippen molar-refractivity contribution in [3.05, 3.63) is 29.8 Å². The van der Waals surface area contributed by atoms with Crippen LogP contribution in [0.1, 0.15) is 49.4 Å². The Labute approximate surface area is 155 Å². The third-order valence-electron chi connectivity index (χ3n) is 6.58. The van der Waals surface area contributed by atoms with Crippen LogP contribution in [0.15, 0.2) is 24.3 Å². The zero-order chi connectivity index (χ0) is 18.1. The minimum absolute atomic E-state index is 0.102. The van der Waals surface area contributed by atoms with Gasteiger partial charge in [-0.05, 0) is 80.8 Å². The molecule has 0 radical (unpaired) electrons. The van der Waals surface area contributed by atoms with Crippen LogP contribution in [0.4, 0.5) is 5.69 Å². The number of nitrogens with zero attached hydrogens (tertiary/aromatic N) is 1. The predicted molar refractivity (Wildman–Crippen MR) is 102 cm³/mol. The van der Waals surface area contributed by atoms with E-state index in [0.717, 1.165) is 64.0 Å². The largest absolute Gasteiger partial charge is 0.339 e. The third-order valence-corrected chi connectivity index (χ3v) is 6.58. The van der Waals surface area contributed by atoms with Crippen molar-refractivity contribution in [2.75, 3.05) is 31.5 Å². The molecule has 2 N–H and O–H groups in total. The number of carbonyl (C=O) groups excluding carboxylic acids is 2. The molecule has 3 aliphatic rings. The maximum Gasteiger partial charge on any atom is 0.253 e. The quantitative estimate of drug-likeness (QED) is 0.876. The SMILES string of the molecule is CC1CCN(C(=O)c2ccc(NC(=O)C3CC34CCNCC4)cc2)CC1. The molecule has 1 saturated carbocycles. The van der Waals surface area contributed by atoms with Gasteiger partial charge < -0.3 is 15.5 Å². The Hall–Kier alpha value is -1.88. The van der Waals surface area contributed by atoms with Gasteiger partial charge in [-0.3, -0.25) is 9.59 Å². The number of hydrogen-bond donors (Lipinski definition) is 2. The molecule has 1 spiro atoms. The van der Waals surface area contributed by atoms with Crippen LogP contribution in [0.2, 0.25) is 0 Å². The molecule has 5 heteroatoms. The van der Waals surface area contributed by atoms with Crippen molar-refractivity contribution < 1.29 is 9.59 Å². The highest BCUT2D eigenvalue weighted by Gasteiger charge is 2.57. The minimum Gasteiger partial charge on any atom is -0.339 e. The van der Waals surface area contributed by atoms with E-state index in [0.29, 0.717) is 11.5 Å². The number of amides is 2. The lowest BCUT2D eigenvalue weighted by Gasteiger charge is -2.30. The van der Waals surface area contributed by atoms with Gasteiger partial charge in [0.15, 0.2) is 0 Å². The first-order valence-electron chi connectivity index (χ1n) is 9.98. The summed E-state index contributed by atoms with van der Waals surface area (Å²) in [5, 5.41) is 6.41. The topological polar surface area (TPSA) is 61.4 Å². The molecule has 1 aromatic rings. The first kappa shape index (κ1) is 17.5. The summed E-state index contributed by atoms with van der Waals surface area (Å²) in [4.78, 5) is 27.1. The van der Waals surface area contributed by atoms with E-state index in [2.05, 4.69) is 17.6 Å². The molecule has 2 aliphatic heterocycles. The maximum atomic E-state index is 12.6. The number of piperidine rings is 2. The summed E-state index contributed by atoms with van der Waals surface area (Å²) in [5.74, 6) is 1.10. The number of hydrogen-bond acceptors (Lipinski definition) is 3. The van der Waals surface area contributed by atoms with Gasteiger partial charge in [0.25, 0.3) is 5.91 Å². The van der Waals surface area contributed by atoms with E-state index < -0.39 is 0 Å². The highest BCUT2D eigenvalue weighted by molar-refractivity contribution is 5.97. The van der Waals surface area contributed by atoms with Crippen molar-refractivity contribution in [3.8, 4) is 0 Å². The molecule has 2 amide bonds. The van der Waals surface area contributed by atoms with Gasteiger partial charge in [-0.1, -0.05) is 6.92 Å². The van der Waals surface area contributed by atoms with Crippen LogP contribution >= 0.6 is 0 Å². The highest BCUT2D eigenvalue weighted by atomic mass is 16.2. The monoisotopic (exact) mass is 355 g/mol. The van der Waals surface area contributed by atoms with E-state index >= 15 is 0 Å². The second-order valence-electron chi connectivity index (χ2n) is 8.41. The predicted octanol–water partition coefficient (Wildman–Crippen LogP) is 2.89. The number of anilines is 1.